The second-order valence-corrected chi connectivity index (χ2v) is 5.00. The van der Waals surface area contributed by atoms with Crippen molar-refractivity contribution in [1.82, 2.24) is 9.88 Å². The van der Waals surface area contributed by atoms with Crippen LogP contribution in [-0.4, -0.2) is 41.0 Å². The molecule has 1 atom stereocenters. The molecule has 1 aliphatic rings. The van der Waals surface area contributed by atoms with Gasteiger partial charge in [-0.1, -0.05) is 0 Å². The molecule has 0 bridgehead atoms. The molecule has 0 saturated carbocycles. The van der Waals surface area contributed by atoms with Gasteiger partial charge in [0.25, 0.3) is 5.91 Å². The summed E-state index contributed by atoms with van der Waals surface area (Å²) in [6.45, 7) is 5.41. The molecule has 0 aromatic carbocycles. The third-order valence-electron chi connectivity index (χ3n) is 2.98. The van der Waals surface area contributed by atoms with E-state index in [1.807, 2.05) is 19.9 Å². The highest BCUT2D eigenvalue weighted by Crippen LogP contribution is 2.18. The Morgan fingerprint density at radius 1 is 1.61 bits per heavy atom. The normalized spacial score (nSPS) is 19.3. The summed E-state index contributed by atoms with van der Waals surface area (Å²) in [6, 6.07) is 3.94. The molecule has 2 rings (SSSR count). The van der Waals surface area contributed by atoms with E-state index in [4.69, 9.17) is 5.73 Å². The van der Waals surface area contributed by atoms with Gasteiger partial charge in [0.2, 0.25) is 0 Å². The fourth-order valence-corrected chi connectivity index (χ4v) is 2.11. The lowest BCUT2D eigenvalue weighted by atomic mass is 10.2. The molecule has 0 aliphatic carbocycles. The standard InChI is InChI=1S/C13H20N4O/c1-9(2)16-12-11(4-3-6-15-12)13(18)17-7-5-10(14)8-17/h3-4,6,9-10H,5,7-8,14H2,1-2H3,(H,15,16)/t10-/m0/s1. The summed E-state index contributed by atoms with van der Waals surface area (Å²) in [7, 11) is 0. The molecule has 5 heteroatoms. The molecule has 18 heavy (non-hydrogen) atoms. The average Bonchev–Trinajstić information content (AvgIpc) is 2.75. The number of hydrogen-bond donors (Lipinski definition) is 2. The van der Waals surface area contributed by atoms with Crippen molar-refractivity contribution in [3.8, 4) is 0 Å². The van der Waals surface area contributed by atoms with E-state index in [2.05, 4.69) is 10.3 Å². The van der Waals surface area contributed by atoms with Gasteiger partial charge in [-0.3, -0.25) is 4.79 Å². The molecule has 0 unspecified atom stereocenters. The predicted octanol–water partition coefficient (Wildman–Crippen LogP) is 1.08. The van der Waals surface area contributed by atoms with E-state index in [1.165, 1.54) is 0 Å². The molecule has 0 spiro atoms. The maximum atomic E-state index is 12.4. The van der Waals surface area contributed by atoms with E-state index in [-0.39, 0.29) is 18.0 Å². The van der Waals surface area contributed by atoms with Crippen molar-refractivity contribution in [2.24, 2.45) is 5.73 Å². The van der Waals surface area contributed by atoms with Gasteiger partial charge in [0.1, 0.15) is 5.82 Å². The van der Waals surface area contributed by atoms with Crippen LogP contribution in [0.15, 0.2) is 18.3 Å². The van der Waals surface area contributed by atoms with Gasteiger partial charge in [-0.2, -0.15) is 0 Å². The number of anilines is 1. The van der Waals surface area contributed by atoms with Crippen LogP contribution in [-0.2, 0) is 0 Å². The second-order valence-electron chi connectivity index (χ2n) is 5.00. The Bertz CT molecular complexity index is 433. The van der Waals surface area contributed by atoms with Gasteiger partial charge in [0, 0.05) is 31.4 Å². The van der Waals surface area contributed by atoms with E-state index in [0.717, 1.165) is 13.0 Å². The van der Waals surface area contributed by atoms with Crippen molar-refractivity contribution in [3.05, 3.63) is 23.9 Å². The number of aromatic nitrogens is 1. The molecule has 0 radical (unpaired) electrons. The minimum atomic E-state index is 0.0131. The monoisotopic (exact) mass is 248 g/mol. The second kappa shape index (κ2) is 5.35. The lowest BCUT2D eigenvalue weighted by Gasteiger charge is -2.19. The lowest BCUT2D eigenvalue weighted by molar-refractivity contribution is 0.0791. The largest absolute Gasteiger partial charge is 0.367 e. The number of nitrogens with zero attached hydrogens (tertiary/aromatic N) is 2. The van der Waals surface area contributed by atoms with E-state index in [1.54, 1.807) is 17.2 Å². The summed E-state index contributed by atoms with van der Waals surface area (Å²) in [5.41, 5.74) is 6.46. The van der Waals surface area contributed by atoms with Crippen molar-refractivity contribution in [2.75, 3.05) is 18.4 Å². The first-order valence-corrected chi connectivity index (χ1v) is 6.34. The highest BCUT2D eigenvalue weighted by Gasteiger charge is 2.26. The Labute approximate surface area is 107 Å². The maximum Gasteiger partial charge on any atom is 0.257 e. The van der Waals surface area contributed by atoms with Crippen LogP contribution in [0.25, 0.3) is 0 Å². The van der Waals surface area contributed by atoms with Crippen LogP contribution in [0.1, 0.15) is 30.6 Å². The fraction of sp³-hybridized carbons (Fsp3) is 0.538. The molecule has 1 fully saturated rings. The molecule has 1 aromatic rings. The Kier molecular flexibility index (Phi) is 3.81. The van der Waals surface area contributed by atoms with Crippen molar-refractivity contribution in [1.29, 1.82) is 0 Å². The van der Waals surface area contributed by atoms with Gasteiger partial charge in [0.05, 0.1) is 5.56 Å². The Morgan fingerprint density at radius 2 is 2.39 bits per heavy atom. The summed E-state index contributed by atoms with van der Waals surface area (Å²) < 4.78 is 0. The Morgan fingerprint density at radius 3 is 3.00 bits per heavy atom. The van der Waals surface area contributed by atoms with Crippen LogP contribution in [0.4, 0.5) is 5.82 Å². The van der Waals surface area contributed by atoms with Crippen molar-refractivity contribution >= 4 is 11.7 Å². The van der Waals surface area contributed by atoms with E-state index >= 15 is 0 Å². The summed E-state index contributed by atoms with van der Waals surface area (Å²) in [5.74, 6) is 0.664. The van der Waals surface area contributed by atoms with Crippen LogP contribution >= 0.6 is 0 Å². The molecule has 2 heterocycles. The number of amides is 1. The zero-order valence-electron chi connectivity index (χ0n) is 10.9. The van der Waals surface area contributed by atoms with Gasteiger partial charge in [-0.05, 0) is 32.4 Å². The topological polar surface area (TPSA) is 71.2 Å². The fourth-order valence-electron chi connectivity index (χ4n) is 2.11. The smallest absolute Gasteiger partial charge is 0.257 e. The average molecular weight is 248 g/mol. The summed E-state index contributed by atoms with van der Waals surface area (Å²) in [4.78, 5) is 18.4. The molecule has 1 aromatic heterocycles. The number of carbonyl (C=O) groups is 1. The van der Waals surface area contributed by atoms with Gasteiger partial charge in [-0.25, -0.2) is 4.98 Å². The molecular weight excluding hydrogens is 228 g/mol. The molecule has 1 amide bonds. The van der Waals surface area contributed by atoms with Crippen molar-refractivity contribution in [2.45, 2.75) is 32.4 Å². The predicted molar refractivity (Wildman–Crippen MR) is 71.5 cm³/mol. The van der Waals surface area contributed by atoms with Crippen LogP contribution in [0, 0.1) is 0 Å². The van der Waals surface area contributed by atoms with Gasteiger partial charge < -0.3 is 16.0 Å². The van der Waals surface area contributed by atoms with Gasteiger partial charge >= 0.3 is 0 Å². The highest BCUT2D eigenvalue weighted by molar-refractivity contribution is 5.98. The maximum absolute atomic E-state index is 12.4. The highest BCUT2D eigenvalue weighted by atomic mass is 16.2. The first kappa shape index (κ1) is 12.8. The van der Waals surface area contributed by atoms with Crippen molar-refractivity contribution in [3.63, 3.8) is 0 Å². The third-order valence-corrected chi connectivity index (χ3v) is 2.98. The van der Waals surface area contributed by atoms with Crippen LogP contribution in [0.3, 0.4) is 0 Å². The quantitative estimate of drug-likeness (QED) is 0.839. The van der Waals surface area contributed by atoms with Crippen LogP contribution in [0.5, 0.6) is 0 Å². The summed E-state index contributed by atoms with van der Waals surface area (Å²) in [6.07, 6.45) is 2.57. The van der Waals surface area contributed by atoms with Crippen molar-refractivity contribution < 1.29 is 4.79 Å². The number of carbonyl (C=O) groups excluding carboxylic acids is 1. The SMILES string of the molecule is CC(C)Nc1ncccc1C(=O)N1CC[C@H](N)C1. The Balaban J connectivity index is 2.19. The molecule has 1 saturated heterocycles. The Hall–Kier alpha value is -1.62. The number of rotatable bonds is 3. The molecule has 3 N–H and O–H groups in total. The van der Waals surface area contributed by atoms with E-state index in [9.17, 15) is 4.79 Å². The lowest BCUT2D eigenvalue weighted by Crippen LogP contribution is -2.32. The van der Waals surface area contributed by atoms with Crippen LogP contribution in [0.2, 0.25) is 0 Å². The molecule has 1 aliphatic heterocycles. The number of pyridine rings is 1. The first-order valence-electron chi connectivity index (χ1n) is 6.34. The molecular formula is C13H20N4O. The third kappa shape index (κ3) is 2.79. The summed E-state index contributed by atoms with van der Waals surface area (Å²) >= 11 is 0. The summed E-state index contributed by atoms with van der Waals surface area (Å²) in [5, 5.41) is 3.20. The zero-order valence-corrected chi connectivity index (χ0v) is 10.9. The van der Waals surface area contributed by atoms with Crippen LogP contribution < -0.4 is 11.1 Å². The number of nitrogens with one attached hydrogen (secondary N) is 1. The molecule has 98 valence electrons. The zero-order chi connectivity index (χ0) is 13.1. The minimum absolute atomic E-state index is 0.0131. The number of hydrogen-bond acceptors (Lipinski definition) is 4. The molecule has 5 nitrogen and oxygen atoms in total. The van der Waals surface area contributed by atoms with E-state index < -0.39 is 0 Å². The number of likely N-dealkylation sites (tertiary alicyclic amines) is 1. The van der Waals surface area contributed by atoms with Gasteiger partial charge in [0.15, 0.2) is 0 Å². The van der Waals surface area contributed by atoms with Gasteiger partial charge in [-0.15, -0.1) is 0 Å². The minimum Gasteiger partial charge on any atom is -0.367 e. The first-order chi connectivity index (χ1) is 8.58. The van der Waals surface area contributed by atoms with E-state index in [0.29, 0.717) is 17.9 Å². The number of nitrogens with two attached hydrogens (primary N) is 1.